The lowest BCUT2D eigenvalue weighted by Gasteiger charge is -2.39. The number of hydrogen-bond acceptors (Lipinski definition) is 6. The predicted octanol–water partition coefficient (Wildman–Crippen LogP) is 1.76. The molecule has 1 saturated carbocycles. The number of carbonyl (C=O) groups is 2. The van der Waals surface area contributed by atoms with Crippen LogP contribution in [-0.2, 0) is 4.79 Å². The lowest BCUT2D eigenvalue weighted by Crippen LogP contribution is -2.58. The minimum Gasteiger partial charge on any atom is -0.475 e. The number of hydrogen-bond donors (Lipinski definition) is 2. The van der Waals surface area contributed by atoms with E-state index in [-0.39, 0.29) is 23.3 Å². The Balaban J connectivity index is 1.81. The third-order valence-electron chi connectivity index (χ3n) is 5.47. The number of halogens is 2. The maximum atomic E-state index is 13.3. The highest BCUT2D eigenvalue weighted by Crippen LogP contribution is 2.36. The number of nitrogens with one attached hydrogen (secondary N) is 2. The number of amides is 2. The van der Waals surface area contributed by atoms with E-state index in [0.717, 1.165) is 12.8 Å². The number of likely N-dealkylation sites (N-methyl/N-ethyl adjacent to an activating group) is 1. The van der Waals surface area contributed by atoms with Crippen LogP contribution < -0.4 is 20.3 Å². The summed E-state index contributed by atoms with van der Waals surface area (Å²) < 4.78 is 32.3. The first-order chi connectivity index (χ1) is 13.7. The number of alkyl halides is 2. The quantitative estimate of drug-likeness (QED) is 0.643. The normalized spacial score (nSPS) is 18.0. The van der Waals surface area contributed by atoms with Crippen molar-refractivity contribution in [1.29, 1.82) is 0 Å². The van der Waals surface area contributed by atoms with Crippen LogP contribution in [0.5, 0.6) is 5.88 Å². The second kappa shape index (κ2) is 8.08. The van der Waals surface area contributed by atoms with Crippen molar-refractivity contribution in [1.82, 2.24) is 20.6 Å². The Hall–Kier alpha value is -2.52. The molecule has 0 spiro atoms. The van der Waals surface area contributed by atoms with Crippen molar-refractivity contribution in [2.75, 3.05) is 31.6 Å². The molecule has 2 amide bonds. The molecule has 10 heteroatoms. The van der Waals surface area contributed by atoms with Crippen LogP contribution in [0.15, 0.2) is 6.20 Å². The SMILES string of the molecule is CCC(CC)(NC(=O)c1cnc(N2CC(F)(F)C2)c(OCC2CC2)n1)C(=O)NC. The largest absolute Gasteiger partial charge is 0.475 e. The first kappa shape index (κ1) is 21.2. The third kappa shape index (κ3) is 4.56. The van der Waals surface area contributed by atoms with Gasteiger partial charge in [0.1, 0.15) is 5.54 Å². The summed E-state index contributed by atoms with van der Waals surface area (Å²) in [5, 5.41) is 5.32. The fraction of sp³-hybridized carbons (Fsp3) is 0.684. The monoisotopic (exact) mass is 411 g/mol. The minimum absolute atomic E-state index is 0.0259. The van der Waals surface area contributed by atoms with Crippen LogP contribution in [0.4, 0.5) is 14.6 Å². The zero-order valence-corrected chi connectivity index (χ0v) is 16.9. The topological polar surface area (TPSA) is 96.5 Å². The molecule has 1 aromatic rings. The fourth-order valence-corrected chi connectivity index (χ4v) is 3.26. The lowest BCUT2D eigenvalue weighted by molar-refractivity contribution is -0.127. The number of ether oxygens (including phenoxy) is 1. The molecular weight excluding hydrogens is 384 g/mol. The summed E-state index contributed by atoms with van der Waals surface area (Å²) in [5.74, 6) is -2.94. The zero-order valence-electron chi connectivity index (χ0n) is 16.9. The summed E-state index contributed by atoms with van der Waals surface area (Å²) in [6.07, 6.45) is 4.12. The average Bonchev–Trinajstić information content (AvgIpc) is 3.52. The number of anilines is 1. The van der Waals surface area contributed by atoms with E-state index in [0.29, 0.717) is 25.4 Å². The van der Waals surface area contributed by atoms with Crippen molar-refractivity contribution in [3.63, 3.8) is 0 Å². The summed E-state index contributed by atoms with van der Waals surface area (Å²) in [6.45, 7) is 3.10. The predicted molar refractivity (Wildman–Crippen MR) is 102 cm³/mol. The van der Waals surface area contributed by atoms with Gasteiger partial charge < -0.3 is 20.3 Å². The average molecular weight is 411 g/mol. The molecule has 1 aliphatic heterocycles. The van der Waals surface area contributed by atoms with Crippen LogP contribution >= 0.6 is 0 Å². The number of rotatable bonds is 9. The molecule has 8 nitrogen and oxygen atoms in total. The summed E-state index contributed by atoms with van der Waals surface area (Å²) in [7, 11) is 1.51. The van der Waals surface area contributed by atoms with Gasteiger partial charge in [0.05, 0.1) is 25.9 Å². The van der Waals surface area contributed by atoms with E-state index in [1.165, 1.54) is 18.1 Å². The van der Waals surface area contributed by atoms with E-state index in [4.69, 9.17) is 4.74 Å². The second-order valence-corrected chi connectivity index (χ2v) is 7.67. The minimum atomic E-state index is -2.76. The molecule has 29 heavy (non-hydrogen) atoms. The van der Waals surface area contributed by atoms with E-state index in [1.807, 2.05) is 13.8 Å². The molecule has 0 aromatic carbocycles. The molecule has 1 aromatic heterocycles. The molecule has 2 fully saturated rings. The fourth-order valence-electron chi connectivity index (χ4n) is 3.26. The van der Waals surface area contributed by atoms with Crippen LogP contribution in [0, 0.1) is 5.92 Å². The Labute approximate surface area is 168 Å². The van der Waals surface area contributed by atoms with E-state index in [2.05, 4.69) is 20.6 Å². The van der Waals surface area contributed by atoms with Gasteiger partial charge >= 0.3 is 0 Å². The summed E-state index contributed by atoms with van der Waals surface area (Å²) >= 11 is 0. The van der Waals surface area contributed by atoms with Crippen molar-refractivity contribution in [2.24, 2.45) is 5.92 Å². The highest BCUT2D eigenvalue weighted by atomic mass is 19.3. The van der Waals surface area contributed by atoms with Crippen LogP contribution in [0.2, 0.25) is 0 Å². The molecular formula is C19H27F2N5O3. The van der Waals surface area contributed by atoms with Crippen molar-refractivity contribution in [2.45, 2.75) is 51.0 Å². The van der Waals surface area contributed by atoms with E-state index >= 15 is 0 Å². The standard InChI is InChI=1S/C19H27F2N5O3/c1-4-18(5-2,17(28)22-3)25-15(27)13-8-23-14(26-10-19(20,21)11-26)16(24-13)29-9-12-6-7-12/h8,12H,4-7,9-11H2,1-3H3,(H,22,28)(H,25,27). The Morgan fingerprint density at radius 3 is 2.48 bits per heavy atom. The van der Waals surface area contributed by atoms with Gasteiger partial charge in [-0.15, -0.1) is 0 Å². The number of carbonyl (C=O) groups excluding carboxylic acids is 2. The van der Waals surface area contributed by atoms with Gasteiger partial charge in [0, 0.05) is 7.05 Å². The van der Waals surface area contributed by atoms with Gasteiger partial charge in [-0.1, -0.05) is 13.8 Å². The highest BCUT2D eigenvalue weighted by molar-refractivity contribution is 5.98. The Kier molecular flexibility index (Phi) is 5.90. The smallest absolute Gasteiger partial charge is 0.282 e. The molecule has 0 atom stereocenters. The van der Waals surface area contributed by atoms with Gasteiger partial charge in [-0.25, -0.2) is 18.7 Å². The van der Waals surface area contributed by atoms with Gasteiger partial charge in [-0.05, 0) is 31.6 Å². The third-order valence-corrected chi connectivity index (χ3v) is 5.47. The van der Waals surface area contributed by atoms with Crippen LogP contribution in [0.25, 0.3) is 0 Å². The molecule has 3 rings (SSSR count). The van der Waals surface area contributed by atoms with Crippen molar-refractivity contribution >= 4 is 17.6 Å². The van der Waals surface area contributed by atoms with Crippen molar-refractivity contribution in [3.05, 3.63) is 11.9 Å². The number of aromatic nitrogens is 2. The van der Waals surface area contributed by atoms with E-state index in [1.54, 1.807) is 0 Å². The molecule has 0 radical (unpaired) electrons. The van der Waals surface area contributed by atoms with E-state index < -0.39 is 30.5 Å². The Morgan fingerprint density at radius 2 is 1.97 bits per heavy atom. The van der Waals surface area contributed by atoms with Gasteiger partial charge in [0.25, 0.3) is 17.7 Å². The first-order valence-electron chi connectivity index (χ1n) is 9.91. The molecule has 2 heterocycles. The van der Waals surface area contributed by atoms with E-state index in [9.17, 15) is 18.4 Å². The Bertz CT molecular complexity index is 773. The highest BCUT2D eigenvalue weighted by Gasteiger charge is 2.46. The molecule has 0 unspecified atom stereocenters. The maximum absolute atomic E-state index is 13.3. The van der Waals surface area contributed by atoms with Gasteiger partial charge in [-0.2, -0.15) is 0 Å². The molecule has 1 saturated heterocycles. The molecule has 1 aliphatic carbocycles. The van der Waals surface area contributed by atoms with Crippen LogP contribution in [-0.4, -0.2) is 60.0 Å². The molecule has 2 aliphatic rings. The first-order valence-corrected chi connectivity index (χ1v) is 9.91. The molecule has 0 bridgehead atoms. The van der Waals surface area contributed by atoms with Crippen LogP contribution in [0.3, 0.4) is 0 Å². The molecule has 160 valence electrons. The maximum Gasteiger partial charge on any atom is 0.282 e. The summed E-state index contributed by atoms with van der Waals surface area (Å²) in [5.41, 5.74) is -1.09. The number of nitrogens with zero attached hydrogens (tertiary/aromatic N) is 3. The summed E-state index contributed by atoms with van der Waals surface area (Å²) in [4.78, 5) is 34.9. The molecule has 2 N–H and O–H groups in total. The lowest BCUT2D eigenvalue weighted by atomic mass is 9.91. The van der Waals surface area contributed by atoms with Gasteiger partial charge in [0.2, 0.25) is 5.91 Å². The van der Waals surface area contributed by atoms with Gasteiger partial charge in [-0.3, -0.25) is 9.59 Å². The van der Waals surface area contributed by atoms with Crippen LogP contribution in [0.1, 0.15) is 50.0 Å². The Morgan fingerprint density at radius 1 is 1.31 bits per heavy atom. The zero-order chi connectivity index (χ0) is 21.2. The van der Waals surface area contributed by atoms with Crippen molar-refractivity contribution < 1.29 is 23.1 Å². The van der Waals surface area contributed by atoms with Crippen molar-refractivity contribution in [3.8, 4) is 5.88 Å². The second-order valence-electron chi connectivity index (χ2n) is 7.67. The summed E-state index contributed by atoms with van der Waals surface area (Å²) in [6, 6.07) is 0. The van der Waals surface area contributed by atoms with Gasteiger partial charge in [0.15, 0.2) is 11.5 Å².